The van der Waals surface area contributed by atoms with Crippen LogP contribution in [0.5, 0.6) is 5.75 Å². The highest BCUT2D eigenvalue weighted by Crippen LogP contribution is 2.39. The van der Waals surface area contributed by atoms with Crippen LogP contribution in [0.1, 0.15) is 40.8 Å². The first-order valence-electron chi connectivity index (χ1n) is 16.3. The van der Waals surface area contributed by atoms with Crippen LogP contribution in [0, 0.1) is 6.92 Å². The Morgan fingerprint density at radius 3 is 2.60 bits per heavy atom. The molecule has 2 amide bonds. The molecule has 52 heavy (non-hydrogen) atoms. The molecule has 2 aliphatic heterocycles. The van der Waals surface area contributed by atoms with Gasteiger partial charge in [0.1, 0.15) is 24.1 Å². The SMILES string of the molecule is C=Nn1c(=O)c(N2CCN(C(=O)c3ncnc(C)c3O)CC2)c(CC)n(CC(=O)Nc2ccc(C(F)(F)F)c3scnc23)c1=NCC1=CCOCC1. The second kappa shape index (κ2) is 15.0. The minimum atomic E-state index is -4.60. The molecule has 274 valence electrons. The van der Waals surface area contributed by atoms with Gasteiger partial charge in [-0.15, -0.1) is 11.3 Å². The molecule has 2 aliphatic rings. The lowest BCUT2D eigenvalue weighted by atomic mass is 10.1. The molecular formula is C33H35F3N10O5S. The van der Waals surface area contributed by atoms with Gasteiger partial charge < -0.3 is 29.5 Å². The van der Waals surface area contributed by atoms with E-state index in [0.717, 1.165) is 33.7 Å². The van der Waals surface area contributed by atoms with Gasteiger partial charge in [0.25, 0.3) is 11.5 Å². The van der Waals surface area contributed by atoms with Gasteiger partial charge in [-0.2, -0.15) is 22.9 Å². The summed E-state index contributed by atoms with van der Waals surface area (Å²) in [6.45, 7) is 8.55. The van der Waals surface area contributed by atoms with E-state index >= 15 is 0 Å². The van der Waals surface area contributed by atoms with E-state index in [4.69, 9.17) is 9.73 Å². The number of nitrogens with zero attached hydrogens (tertiary/aromatic N) is 9. The Morgan fingerprint density at radius 1 is 1.15 bits per heavy atom. The molecule has 1 saturated heterocycles. The van der Waals surface area contributed by atoms with Crippen LogP contribution in [0.3, 0.4) is 0 Å². The number of carbonyl (C=O) groups is 2. The van der Waals surface area contributed by atoms with Gasteiger partial charge in [-0.25, -0.2) is 19.9 Å². The number of nitrogens with one attached hydrogen (secondary N) is 1. The van der Waals surface area contributed by atoms with Crippen molar-refractivity contribution in [3.63, 3.8) is 0 Å². The van der Waals surface area contributed by atoms with Gasteiger partial charge in [0, 0.05) is 32.9 Å². The molecule has 2 N–H and O–H groups in total. The molecule has 5 heterocycles. The van der Waals surface area contributed by atoms with Crippen molar-refractivity contribution in [2.45, 2.75) is 39.4 Å². The molecule has 3 aromatic heterocycles. The highest BCUT2D eigenvalue weighted by Gasteiger charge is 2.34. The molecule has 0 unspecified atom stereocenters. The molecule has 0 aliphatic carbocycles. The van der Waals surface area contributed by atoms with Crippen LogP contribution in [0.2, 0.25) is 0 Å². The number of piperazine rings is 1. The van der Waals surface area contributed by atoms with Crippen LogP contribution in [-0.4, -0.2) is 98.7 Å². The maximum absolute atomic E-state index is 14.2. The van der Waals surface area contributed by atoms with E-state index in [1.165, 1.54) is 16.7 Å². The Labute approximate surface area is 298 Å². The number of aromatic nitrogens is 5. The standard InChI is InChI=1S/C33H35F3N10O5S/c1-4-23-27(43-9-11-44(12-10-43)30(49)26-28(48)19(2)39-17-40-26)31(50)46(37-3)32(38-15-20-7-13-51-14-8-20)45(23)16-24(47)42-22-6-5-21(33(34,35)36)29-25(22)41-18-52-29/h5-7,17-18,48H,3-4,8-16H2,1-2H3,(H,42,47). The van der Waals surface area contributed by atoms with Gasteiger partial charge in [-0.1, -0.05) is 13.0 Å². The first-order chi connectivity index (χ1) is 24.9. The van der Waals surface area contributed by atoms with Crippen molar-refractivity contribution in [1.82, 2.24) is 29.1 Å². The number of rotatable bonds is 9. The maximum atomic E-state index is 14.2. The number of benzene rings is 1. The Bertz CT molecular complexity index is 2200. The third-order valence-electron chi connectivity index (χ3n) is 8.84. The van der Waals surface area contributed by atoms with E-state index in [2.05, 4.69) is 32.1 Å². The molecule has 19 heteroatoms. The number of hydrogen-bond acceptors (Lipinski definition) is 12. The molecule has 4 aromatic rings. The van der Waals surface area contributed by atoms with Crippen LogP contribution in [-0.2, 0) is 28.7 Å². The predicted molar refractivity (Wildman–Crippen MR) is 187 cm³/mol. The molecule has 0 atom stereocenters. The van der Waals surface area contributed by atoms with Crippen molar-refractivity contribution in [2.75, 3.05) is 56.2 Å². The number of hydrogen-bond donors (Lipinski definition) is 2. The summed E-state index contributed by atoms with van der Waals surface area (Å²) >= 11 is 0.818. The second-order valence-electron chi connectivity index (χ2n) is 12.0. The highest BCUT2D eigenvalue weighted by atomic mass is 32.1. The summed E-state index contributed by atoms with van der Waals surface area (Å²) in [7, 11) is 0. The fraction of sp³-hybridized carbons (Fsp3) is 0.394. The van der Waals surface area contributed by atoms with E-state index in [-0.39, 0.29) is 90.0 Å². The zero-order chi connectivity index (χ0) is 37.2. The Kier molecular flexibility index (Phi) is 10.5. The molecule has 15 nitrogen and oxygen atoms in total. The van der Waals surface area contributed by atoms with Gasteiger partial charge in [-0.05, 0) is 37.5 Å². The number of aryl methyl sites for hydroxylation is 1. The number of anilines is 2. The first-order valence-corrected chi connectivity index (χ1v) is 17.2. The molecular weight excluding hydrogens is 705 g/mol. The summed E-state index contributed by atoms with van der Waals surface area (Å²) < 4.78 is 48.9. The minimum Gasteiger partial charge on any atom is -0.504 e. The molecule has 1 aromatic carbocycles. The lowest BCUT2D eigenvalue weighted by molar-refractivity contribution is -0.136. The fourth-order valence-corrected chi connectivity index (χ4v) is 7.04. The number of ether oxygens (including phenoxy) is 1. The van der Waals surface area contributed by atoms with Crippen LogP contribution in [0.25, 0.3) is 10.2 Å². The van der Waals surface area contributed by atoms with Gasteiger partial charge in [0.15, 0.2) is 11.4 Å². The van der Waals surface area contributed by atoms with Gasteiger partial charge in [-0.3, -0.25) is 14.4 Å². The van der Waals surface area contributed by atoms with Crippen LogP contribution in [0.15, 0.2) is 50.5 Å². The topological polar surface area (TPSA) is 172 Å². The van der Waals surface area contributed by atoms with E-state index in [0.29, 0.717) is 25.3 Å². The van der Waals surface area contributed by atoms with Gasteiger partial charge >= 0.3 is 6.18 Å². The van der Waals surface area contributed by atoms with Crippen molar-refractivity contribution in [3.8, 4) is 5.75 Å². The molecule has 0 radical (unpaired) electrons. The third-order valence-corrected chi connectivity index (χ3v) is 9.70. The third kappa shape index (κ3) is 7.18. The summed E-state index contributed by atoms with van der Waals surface area (Å²) in [6, 6.07) is 2.07. The van der Waals surface area contributed by atoms with Gasteiger partial charge in [0.2, 0.25) is 11.5 Å². The number of carbonyl (C=O) groups excluding carboxylic acids is 2. The Balaban J connectivity index is 1.37. The van der Waals surface area contributed by atoms with Crippen molar-refractivity contribution in [2.24, 2.45) is 10.1 Å². The molecule has 0 spiro atoms. The van der Waals surface area contributed by atoms with Crippen molar-refractivity contribution >= 4 is 51.5 Å². The Morgan fingerprint density at radius 2 is 1.92 bits per heavy atom. The normalized spacial score (nSPS) is 15.6. The monoisotopic (exact) mass is 740 g/mol. The predicted octanol–water partition coefficient (Wildman–Crippen LogP) is 2.96. The lowest BCUT2D eigenvalue weighted by Gasteiger charge is -2.37. The summed E-state index contributed by atoms with van der Waals surface area (Å²) in [5.74, 6) is -1.39. The largest absolute Gasteiger partial charge is 0.504 e. The minimum absolute atomic E-state index is 0.00142. The van der Waals surface area contributed by atoms with Crippen LogP contribution >= 0.6 is 11.3 Å². The maximum Gasteiger partial charge on any atom is 0.417 e. The second-order valence-corrected chi connectivity index (χ2v) is 12.8. The number of halogens is 3. The average Bonchev–Trinajstić information content (AvgIpc) is 3.63. The summed E-state index contributed by atoms with van der Waals surface area (Å²) in [6.07, 6.45) is -0.600. The van der Waals surface area contributed by atoms with Crippen LogP contribution < -0.4 is 21.4 Å². The number of alkyl halides is 3. The molecule has 6 rings (SSSR count). The lowest BCUT2D eigenvalue weighted by Crippen LogP contribution is -2.52. The summed E-state index contributed by atoms with van der Waals surface area (Å²) in [4.78, 5) is 61.2. The van der Waals surface area contributed by atoms with E-state index in [9.17, 15) is 32.7 Å². The van der Waals surface area contributed by atoms with Gasteiger partial charge in [0.05, 0.1) is 52.6 Å². The number of fused-ring (bicyclic) bond motifs is 1. The quantitative estimate of drug-likeness (QED) is 0.193. The molecule has 1 fully saturated rings. The van der Waals surface area contributed by atoms with Crippen molar-refractivity contribution in [1.29, 1.82) is 0 Å². The van der Waals surface area contributed by atoms with E-state index in [1.54, 1.807) is 16.4 Å². The first kappa shape index (κ1) is 36.4. The number of thiazole rings is 1. The Hall–Kier alpha value is -5.43. The zero-order valence-electron chi connectivity index (χ0n) is 28.3. The zero-order valence-corrected chi connectivity index (χ0v) is 29.1. The number of aromatic hydroxyl groups is 1. The van der Waals surface area contributed by atoms with Crippen LogP contribution in [0.4, 0.5) is 24.5 Å². The smallest absolute Gasteiger partial charge is 0.417 e. The summed E-state index contributed by atoms with van der Waals surface area (Å²) in [5.41, 5.74) is 1.85. The number of amides is 2. The molecule has 0 bridgehead atoms. The van der Waals surface area contributed by atoms with E-state index in [1.807, 2.05) is 13.0 Å². The fourth-order valence-electron chi connectivity index (χ4n) is 6.19. The van der Waals surface area contributed by atoms with Crippen molar-refractivity contribution < 1.29 is 32.6 Å². The average molecular weight is 741 g/mol. The summed E-state index contributed by atoms with van der Waals surface area (Å²) in [5, 5.41) is 17.1. The van der Waals surface area contributed by atoms with Crippen molar-refractivity contribution in [3.05, 3.63) is 74.2 Å². The highest BCUT2D eigenvalue weighted by molar-refractivity contribution is 7.17. The molecule has 0 saturated carbocycles. The van der Waals surface area contributed by atoms with E-state index < -0.39 is 29.1 Å².